The zero-order valence-electron chi connectivity index (χ0n) is 14.2. The van der Waals surface area contributed by atoms with Crippen molar-refractivity contribution in [3.63, 3.8) is 0 Å². The van der Waals surface area contributed by atoms with Gasteiger partial charge in [0.1, 0.15) is 6.67 Å². The molecule has 1 N–H and O–H groups in total. The maximum absolute atomic E-state index is 13.3. The lowest BCUT2D eigenvalue weighted by molar-refractivity contribution is 0.0600. The van der Waals surface area contributed by atoms with Crippen LogP contribution in [0, 0.1) is 0 Å². The maximum Gasteiger partial charge on any atom is 0.341 e. The minimum absolute atomic E-state index is 0.205. The molecule has 0 unspecified atom stereocenters. The number of carbonyl (C=O) groups is 1. The Balaban J connectivity index is 1.91. The van der Waals surface area contributed by atoms with Gasteiger partial charge in [0, 0.05) is 18.3 Å². The Kier molecular flexibility index (Phi) is 4.62. The lowest BCUT2D eigenvalue weighted by Crippen LogP contribution is -2.38. The smallest absolute Gasteiger partial charge is 0.341 e. The first kappa shape index (κ1) is 17.0. The van der Waals surface area contributed by atoms with E-state index < -0.39 is 18.2 Å². The van der Waals surface area contributed by atoms with Crippen LogP contribution in [0.5, 0.6) is 0 Å². The van der Waals surface area contributed by atoms with Gasteiger partial charge < -0.3 is 19.5 Å². The summed E-state index contributed by atoms with van der Waals surface area (Å²) in [6, 6.07) is 1.61. The second-order valence-electron chi connectivity index (χ2n) is 6.88. The molecule has 6 nitrogen and oxygen atoms in total. The van der Waals surface area contributed by atoms with Crippen LogP contribution >= 0.6 is 0 Å². The normalized spacial score (nSPS) is 20.6. The number of likely N-dealkylation sites (tertiary alicyclic amines) is 1. The number of nitrogens with zero attached hydrogens (tertiary/aromatic N) is 2. The molecule has 0 radical (unpaired) electrons. The molecule has 1 aliphatic heterocycles. The van der Waals surface area contributed by atoms with Crippen LogP contribution in [0.2, 0.25) is 0 Å². The molecule has 7 heteroatoms. The van der Waals surface area contributed by atoms with E-state index in [2.05, 4.69) is 17.3 Å². The molecule has 0 atom stereocenters. The van der Waals surface area contributed by atoms with Crippen molar-refractivity contribution in [1.82, 2.24) is 9.47 Å². The second kappa shape index (κ2) is 6.55. The highest BCUT2D eigenvalue weighted by Crippen LogP contribution is 2.43. The molecule has 2 fully saturated rings. The molecule has 1 aromatic rings. The van der Waals surface area contributed by atoms with Gasteiger partial charge in [-0.15, -0.1) is 0 Å². The molecule has 1 saturated carbocycles. The number of piperidine rings is 1. The molecule has 0 aromatic carbocycles. The summed E-state index contributed by atoms with van der Waals surface area (Å²) in [7, 11) is 3.38. The highest BCUT2D eigenvalue weighted by molar-refractivity contribution is 5.95. The molecule has 2 heterocycles. The van der Waals surface area contributed by atoms with Crippen LogP contribution < -0.4 is 10.9 Å². The first-order valence-electron chi connectivity index (χ1n) is 8.35. The van der Waals surface area contributed by atoms with Crippen molar-refractivity contribution in [1.29, 1.82) is 0 Å². The largest absolute Gasteiger partial charge is 0.465 e. The summed E-state index contributed by atoms with van der Waals surface area (Å²) in [6.45, 7) is 1.33. The molecule has 1 aromatic heterocycles. The van der Waals surface area contributed by atoms with Gasteiger partial charge in [0.25, 0.3) is 5.56 Å². The van der Waals surface area contributed by atoms with Gasteiger partial charge in [-0.25, -0.2) is 9.18 Å². The third kappa shape index (κ3) is 3.17. The standard InChI is InChI=1S/C17H24FN3O3/c1-20-7-3-12(4-8-20)19-14-9-15(22)21(17(11-18)5-6-17)10-13(14)16(23)24-2/h9-10,12,19H,3-8,11H2,1-2H3. The van der Waals surface area contributed by atoms with Gasteiger partial charge in [-0.3, -0.25) is 4.79 Å². The summed E-state index contributed by atoms with van der Waals surface area (Å²) in [5.41, 5.74) is -0.289. The summed E-state index contributed by atoms with van der Waals surface area (Å²) in [5, 5.41) is 3.31. The predicted molar refractivity (Wildman–Crippen MR) is 89.4 cm³/mol. The van der Waals surface area contributed by atoms with E-state index in [1.807, 2.05) is 0 Å². The maximum atomic E-state index is 13.3. The number of aromatic nitrogens is 1. The average Bonchev–Trinajstić information content (AvgIpc) is 3.37. The highest BCUT2D eigenvalue weighted by Gasteiger charge is 2.46. The Morgan fingerprint density at radius 3 is 2.62 bits per heavy atom. The van der Waals surface area contributed by atoms with Gasteiger partial charge in [0.2, 0.25) is 0 Å². The molecule has 3 rings (SSSR count). The van der Waals surface area contributed by atoms with E-state index in [9.17, 15) is 14.0 Å². The fraction of sp³-hybridized carbons (Fsp3) is 0.647. The van der Waals surface area contributed by atoms with Crippen LogP contribution in [0.25, 0.3) is 0 Å². The number of carbonyl (C=O) groups excluding carboxylic acids is 1. The summed E-state index contributed by atoms with van der Waals surface area (Å²) in [5.74, 6) is -0.520. The average molecular weight is 337 g/mol. The number of methoxy groups -OCH3 is 1. The Morgan fingerprint density at radius 1 is 1.42 bits per heavy atom. The molecule has 0 amide bonds. The molecule has 2 aliphatic rings. The van der Waals surface area contributed by atoms with Crippen LogP contribution in [0.1, 0.15) is 36.0 Å². The molecule has 0 spiro atoms. The molecule has 1 saturated heterocycles. The first-order valence-corrected chi connectivity index (χ1v) is 8.35. The van der Waals surface area contributed by atoms with Crippen molar-refractivity contribution in [2.24, 2.45) is 0 Å². The van der Waals surface area contributed by atoms with Crippen molar-refractivity contribution in [2.45, 2.75) is 37.3 Å². The number of rotatable bonds is 5. The molecule has 0 bridgehead atoms. The summed E-state index contributed by atoms with van der Waals surface area (Å²) < 4.78 is 19.5. The van der Waals surface area contributed by atoms with Crippen molar-refractivity contribution >= 4 is 11.7 Å². The van der Waals surface area contributed by atoms with Crippen molar-refractivity contribution in [3.05, 3.63) is 28.2 Å². The Labute approximate surface area is 140 Å². The number of ether oxygens (including phenoxy) is 1. The quantitative estimate of drug-likeness (QED) is 0.827. The van der Waals surface area contributed by atoms with E-state index in [1.165, 1.54) is 23.9 Å². The number of hydrogen-bond donors (Lipinski definition) is 1. The lowest BCUT2D eigenvalue weighted by Gasteiger charge is -2.30. The number of nitrogens with one attached hydrogen (secondary N) is 1. The predicted octanol–water partition coefficient (Wildman–Crippen LogP) is 1.60. The summed E-state index contributed by atoms with van der Waals surface area (Å²) in [4.78, 5) is 26.8. The number of pyridine rings is 1. The number of anilines is 1. The van der Waals surface area contributed by atoms with Gasteiger partial charge >= 0.3 is 5.97 Å². The van der Waals surface area contributed by atoms with Gasteiger partial charge in [0.05, 0.1) is 23.9 Å². The molecule has 132 valence electrons. The highest BCUT2D eigenvalue weighted by atomic mass is 19.1. The van der Waals surface area contributed by atoms with Crippen LogP contribution in [0.3, 0.4) is 0 Å². The van der Waals surface area contributed by atoms with E-state index in [1.54, 1.807) is 0 Å². The van der Waals surface area contributed by atoms with E-state index in [-0.39, 0.29) is 17.2 Å². The second-order valence-corrected chi connectivity index (χ2v) is 6.88. The SMILES string of the molecule is COC(=O)c1cn(C2(CF)CC2)c(=O)cc1NC1CCN(C)CC1. The zero-order chi connectivity index (χ0) is 17.3. The Morgan fingerprint density at radius 2 is 2.08 bits per heavy atom. The third-order valence-electron chi connectivity index (χ3n) is 5.12. The zero-order valence-corrected chi connectivity index (χ0v) is 14.2. The van der Waals surface area contributed by atoms with Gasteiger partial charge in [-0.2, -0.15) is 0 Å². The van der Waals surface area contributed by atoms with E-state index in [0.717, 1.165) is 25.9 Å². The molecule has 24 heavy (non-hydrogen) atoms. The van der Waals surface area contributed by atoms with Crippen molar-refractivity contribution in [3.8, 4) is 0 Å². The Hall–Kier alpha value is -1.89. The van der Waals surface area contributed by atoms with Gasteiger partial charge in [0.15, 0.2) is 0 Å². The van der Waals surface area contributed by atoms with E-state index in [4.69, 9.17) is 4.74 Å². The van der Waals surface area contributed by atoms with Crippen molar-refractivity contribution < 1.29 is 13.9 Å². The minimum Gasteiger partial charge on any atom is -0.465 e. The van der Waals surface area contributed by atoms with Crippen molar-refractivity contribution in [2.75, 3.05) is 39.2 Å². The van der Waals surface area contributed by atoms with Crippen LogP contribution in [-0.2, 0) is 10.3 Å². The van der Waals surface area contributed by atoms with Gasteiger partial charge in [-0.05, 0) is 45.8 Å². The number of halogens is 1. The van der Waals surface area contributed by atoms with Gasteiger partial charge in [-0.1, -0.05) is 0 Å². The summed E-state index contributed by atoms with van der Waals surface area (Å²) >= 11 is 0. The number of alkyl halides is 1. The molecular weight excluding hydrogens is 313 g/mol. The van der Waals surface area contributed by atoms with E-state index >= 15 is 0 Å². The molecular formula is C17H24FN3O3. The fourth-order valence-electron chi connectivity index (χ4n) is 3.25. The number of hydrogen-bond acceptors (Lipinski definition) is 5. The van der Waals surface area contributed by atoms with Crippen LogP contribution in [0.15, 0.2) is 17.1 Å². The Bertz CT molecular complexity index is 676. The monoisotopic (exact) mass is 337 g/mol. The molecule has 1 aliphatic carbocycles. The summed E-state index contributed by atoms with van der Waals surface area (Å²) in [6.07, 6.45) is 4.57. The van der Waals surface area contributed by atoms with E-state index in [0.29, 0.717) is 18.5 Å². The van der Waals surface area contributed by atoms with Crippen LogP contribution in [-0.4, -0.2) is 55.4 Å². The van der Waals surface area contributed by atoms with Crippen LogP contribution in [0.4, 0.5) is 10.1 Å². The topological polar surface area (TPSA) is 63.6 Å². The fourth-order valence-corrected chi connectivity index (χ4v) is 3.25. The minimum atomic E-state index is -0.772. The number of esters is 1. The third-order valence-corrected chi connectivity index (χ3v) is 5.12. The first-order chi connectivity index (χ1) is 11.5. The lowest BCUT2D eigenvalue weighted by atomic mass is 10.0.